The van der Waals surface area contributed by atoms with Gasteiger partial charge in [-0.15, -0.1) is 0 Å². The minimum absolute atomic E-state index is 0.149. The van der Waals surface area contributed by atoms with E-state index in [-0.39, 0.29) is 16.1 Å². The fourth-order valence-electron chi connectivity index (χ4n) is 4.03. The smallest absolute Gasteiger partial charge is 0.269 e. The molecule has 1 saturated heterocycles. The van der Waals surface area contributed by atoms with Crippen molar-refractivity contribution in [3.05, 3.63) is 39.9 Å². The minimum atomic E-state index is -0.355. The molecule has 0 atom stereocenters. The van der Waals surface area contributed by atoms with E-state index in [0.717, 1.165) is 45.0 Å². The molecule has 1 N–H and O–H groups in total. The van der Waals surface area contributed by atoms with Gasteiger partial charge in [-0.2, -0.15) is 0 Å². The Kier molecular flexibility index (Phi) is 5.81. The Balaban J connectivity index is 1.58. The van der Waals surface area contributed by atoms with Crippen LogP contribution in [0.5, 0.6) is 0 Å². The van der Waals surface area contributed by atoms with E-state index < -0.39 is 0 Å². The van der Waals surface area contributed by atoms with Crippen LogP contribution in [-0.4, -0.2) is 48.2 Å². The third kappa shape index (κ3) is 4.12. The largest absolute Gasteiger partial charge is 0.379 e. The van der Waals surface area contributed by atoms with Gasteiger partial charge in [-0.3, -0.25) is 15.0 Å². The molecule has 3 rings (SSSR count). The number of nitrogens with one attached hydrogen (secondary N) is 1. The summed E-state index contributed by atoms with van der Waals surface area (Å²) >= 11 is 0. The van der Waals surface area contributed by atoms with Gasteiger partial charge in [-0.1, -0.05) is 31.4 Å². The summed E-state index contributed by atoms with van der Waals surface area (Å²) in [7, 11) is 0. The summed E-state index contributed by atoms with van der Waals surface area (Å²) in [4.78, 5) is 13.0. The zero-order valence-electron chi connectivity index (χ0n) is 14.2. The zero-order chi connectivity index (χ0) is 16.8. The average Bonchev–Trinajstić information content (AvgIpc) is 2.64. The van der Waals surface area contributed by atoms with Crippen LogP contribution in [0.3, 0.4) is 0 Å². The SMILES string of the molecule is O=[N+]([O-])c1ccc(CNCC2(N3CCOCC3)CCCCC2)cc1. The molecule has 132 valence electrons. The van der Waals surface area contributed by atoms with Crippen molar-refractivity contribution >= 4 is 5.69 Å². The van der Waals surface area contributed by atoms with E-state index in [2.05, 4.69) is 10.2 Å². The van der Waals surface area contributed by atoms with E-state index in [1.54, 1.807) is 12.1 Å². The van der Waals surface area contributed by atoms with Crippen molar-refractivity contribution in [2.75, 3.05) is 32.8 Å². The summed E-state index contributed by atoms with van der Waals surface area (Å²) < 4.78 is 5.52. The van der Waals surface area contributed by atoms with Crippen molar-refractivity contribution in [1.29, 1.82) is 0 Å². The Morgan fingerprint density at radius 3 is 2.42 bits per heavy atom. The van der Waals surface area contributed by atoms with Gasteiger partial charge in [-0.05, 0) is 18.4 Å². The van der Waals surface area contributed by atoms with Crippen molar-refractivity contribution in [3.8, 4) is 0 Å². The first-order valence-electron chi connectivity index (χ1n) is 8.96. The van der Waals surface area contributed by atoms with Gasteiger partial charge in [-0.25, -0.2) is 0 Å². The summed E-state index contributed by atoms with van der Waals surface area (Å²) in [6.45, 7) is 5.46. The van der Waals surface area contributed by atoms with Gasteiger partial charge in [0.25, 0.3) is 5.69 Å². The van der Waals surface area contributed by atoms with Crippen molar-refractivity contribution in [1.82, 2.24) is 10.2 Å². The second-order valence-electron chi connectivity index (χ2n) is 6.91. The first-order valence-corrected chi connectivity index (χ1v) is 8.96. The Labute approximate surface area is 143 Å². The second-order valence-corrected chi connectivity index (χ2v) is 6.91. The van der Waals surface area contributed by atoms with Crippen LogP contribution in [0.15, 0.2) is 24.3 Å². The Morgan fingerprint density at radius 2 is 1.79 bits per heavy atom. The van der Waals surface area contributed by atoms with Crippen LogP contribution < -0.4 is 5.32 Å². The molecule has 1 aliphatic carbocycles. The quantitative estimate of drug-likeness (QED) is 0.640. The standard InChI is InChI=1S/C18H27N3O3/c22-21(23)17-6-4-16(5-7-17)14-19-15-18(8-2-1-3-9-18)20-10-12-24-13-11-20/h4-7,19H,1-3,8-15H2. The number of nitro benzene ring substituents is 1. The Hall–Kier alpha value is -1.50. The van der Waals surface area contributed by atoms with Crippen LogP contribution >= 0.6 is 0 Å². The normalized spacial score (nSPS) is 21.5. The number of hydrogen-bond donors (Lipinski definition) is 1. The molecular formula is C18H27N3O3. The number of nitrogens with zero attached hydrogens (tertiary/aromatic N) is 2. The molecule has 0 bridgehead atoms. The molecule has 1 aromatic rings. The molecule has 0 amide bonds. The topological polar surface area (TPSA) is 67.6 Å². The predicted octanol–water partition coefficient (Wildman–Crippen LogP) is 2.72. The third-order valence-corrected chi connectivity index (χ3v) is 5.40. The highest BCUT2D eigenvalue weighted by Crippen LogP contribution is 2.34. The van der Waals surface area contributed by atoms with Crippen molar-refractivity contribution < 1.29 is 9.66 Å². The number of rotatable bonds is 6. The van der Waals surface area contributed by atoms with Crippen molar-refractivity contribution in [2.24, 2.45) is 0 Å². The van der Waals surface area contributed by atoms with E-state index >= 15 is 0 Å². The van der Waals surface area contributed by atoms with Gasteiger partial charge in [0.05, 0.1) is 18.1 Å². The average molecular weight is 333 g/mol. The lowest BCUT2D eigenvalue weighted by molar-refractivity contribution is -0.384. The molecule has 6 heteroatoms. The summed E-state index contributed by atoms with van der Waals surface area (Å²) in [5, 5.41) is 14.3. The van der Waals surface area contributed by atoms with Gasteiger partial charge in [0, 0.05) is 43.9 Å². The summed E-state index contributed by atoms with van der Waals surface area (Å²) in [5.74, 6) is 0. The van der Waals surface area contributed by atoms with Crippen LogP contribution in [0.4, 0.5) is 5.69 Å². The highest BCUT2D eigenvalue weighted by molar-refractivity contribution is 5.32. The first-order chi connectivity index (χ1) is 11.7. The van der Waals surface area contributed by atoms with E-state index in [9.17, 15) is 10.1 Å². The highest BCUT2D eigenvalue weighted by Gasteiger charge is 2.38. The fourth-order valence-corrected chi connectivity index (χ4v) is 4.03. The number of ether oxygens (including phenoxy) is 1. The van der Waals surface area contributed by atoms with Crippen LogP contribution in [-0.2, 0) is 11.3 Å². The lowest BCUT2D eigenvalue weighted by atomic mass is 9.79. The van der Waals surface area contributed by atoms with Gasteiger partial charge in [0.1, 0.15) is 0 Å². The van der Waals surface area contributed by atoms with Crippen LogP contribution in [0.1, 0.15) is 37.7 Å². The Bertz CT molecular complexity index is 535. The van der Waals surface area contributed by atoms with Gasteiger partial charge < -0.3 is 10.1 Å². The molecule has 2 fully saturated rings. The van der Waals surface area contributed by atoms with E-state index in [0.29, 0.717) is 0 Å². The molecule has 1 aliphatic heterocycles. The fraction of sp³-hybridized carbons (Fsp3) is 0.667. The number of hydrogen-bond acceptors (Lipinski definition) is 5. The van der Waals surface area contributed by atoms with E-state index in [1.165, 1.54) is 32.1 Å². The number of nitro groups is 1. The molecule has 24 heavy (non-hydrogen) atoms. The molecule has 0 spiro atoms. The van der Waals surface area contributed by atoms with Gasteiger partial charge in [0.15, 0.2) is 0 Å². The summed E-state index contributed by atoms with van der Waals surface area (Å²) in [6, 6.07) is 6.84. The van der Waals surface area contributed by atoms with Crippen molar-refractivity contribution in [2.45, 2.75) is 44.2 Å². The molecule has 0 radical (unpaired) electrons. The van der Waals surface area contributed by atoms with Crippen LogP contribution in [0.2, 0.25) is 0 Å². The maximum Gasteiger partial charge on any atom is 0.269 e. The maximum absolute atomic E-state index is 10.7. The number of benzene rings is 1. The van der Waals surface area contributed by atoms with Crippen LogP contribution in [0, 0.1) is 10.1 Å². The van der Waals surface area contributed by atoms with E-state index in [1.807, 2.05) is 12.1 Å². The zero-order valence-corrected chi connectivity index (χ0v) is 14.2. The summed E-state index contributed by atoms with van der Waals surface area (Å²) in [5.41, 5.74) is 1.49. The lowest BCUT2D eigenvalue weighted by Gasteiger charge is -2.48. The van der Waals surface area contributed by atoms with E-state index in [4.69, 9.17) is 4.74 Å². The number of morpholine rings is 1. The molecule has 1 aromatic carbocycles. The van der Waals surface area contributed by atoms with Crippen molar-refractivity contribution in [3.63, 3.8) is 0 Å². The van der Waals surface area contributed by atoms with Crippen LogP contribution in [0.25, 0.3) is 0 Å². The molecule has 0 unspecified atom stereocenters. The lowest BCUT2D eigenvalue weighted by Crippen LogP contribution is -2.59. The predicted molar refractivity (Wildman–Crippen MR) is 93.0 cm³/mol. The van der Waals surface area contributed by atoms with Gasteiger partial charge in [0.2, 0.25) is 0 Å². The monoisotopic (exact) mass is 333 g/mol. The maximum atomic E-state index is 10.7. The molecule has 2 aliphatic rings. The molecular weight excluding hydrogens is 306 g/mol. The molecule has 1 heterocycles. The second kappa shape index (κ2) is 8.05. The molecule has 6 nitrogen and oxygen atoms in total. The molecule has 0 aromatic heterocycles. The number of non-ortho nitro benzene ring substituents is 1. The third-order valence-electron chi connectivity index (χ3n) is 5.40. The first kappa shape index (κ1) is 17.3. The Morgan fingerprint density at radius 1 is 1.12 bits per heavy atom. The molecule has 1 saturated carbocycles. The highest BCUT2D eigenvalue weighted by atomic mass is 16.6. The van der Waals surface area contributed by atoms with Gasteiger partial charge >= 0.3 is 0 Å². The minimum Gasteiger partial charge on any atom is -0.379 e. The summed E-state index contributed by atoms with van der Waals surface area (Å²) in [6.07, 6.45) is 6.45.